The Labute approximate surface area is 111 Å². The predicted octanol–water partition coefficient (Wildman–Crippen LogP) is 1.97. The Morgan fingerprint density at radius 2 is 2.33 bits per heavy atom. The van der Waals surface area contributed by atoms with Gasteiger partial charge in [0.15, 0.2) is 0 Å². The first-order valence-electron chi connectivity index (χ1n) is 5.84. The summed E-state index contributed by atoms with van der Waals surface area (Å²) >= 11 is 6.02. The Kier molecular flexibility index (Phi) is 3.61. The molecule has 18 heavy (non-hydrogen) atoms. The molecular weight excluding hydrogens is 252 g/mol. The van der Waals surface area contributed by atoms with Crippen LogP contribution < -0.4 is 11.2 Å². The molecule has 0 bridgehead atoms. The maximum absolute atomic E-state index is 10.7. The van der Waals surface area contributed by atoms with Gasteiger partial charge >= 0.3 is 0 Å². The molecule has 0 heterocycles. The zero-order valence-electron chi connectivity index (χ0n) is 10.5. The SMILES string of the molecule is CC1(C)Cc2ccc(Cl)cc2C1NOCC(N)=O. The number of fused-ring (bicyclic) bond motifs is 1. The van der Waals surface area contributed by atoms with E-state index in [1.165, 1.54) is 5.56 Å². The fraction of sp³-hybridized carbons (Fsp3) is 0.462. The first-order valence-corrected chi connectivity index (χ1v) is 6.22. The molecule has 1 amide bonds. The van der Waals surface area contributed by atoms with E-state index < -0.39 is 5.91 Å². The number of nitrogens with two attached hydrogens (primary N) is 1. The van der Waals surface area contributed by atoms with Crippen LogP contribution in [0.15, 0.2) is 18.2 Å². The van der Waals surface area contributed by atoms with Gasteiger partial charge in [-0.1, -0.05) is 31.5 Å². The molecule has 0 saturated heterocycles. The van der Waals surface area contributed by atoms with Gasteiger partial charge in [-0.3, -0.25) is 9.63 Å². The summed E-state index contributed by atoms with van der Waals surface area (Å²) in [6, 6.07) is 5.88. The lowest BCUT2D eigenvalue weighted by Gasteiger charge is -2.27. The fourth-order valence-electron chi connectivity index (χ4n) is 2.43. The zero-order valence-corrected chi connectivity index (χ0v) is 11.3. The van der Waals surface area contributed by atoms with Gasteiger partial charge in [-0.2, -0.15) is 5.48 Å². The van der Waals surface area contributed by atoms with Crippen LogP contribution >= 0.6 is 11.6 Å². The van der Waals surface area contributed by atoms with Crippen molar-refractivity contribution in [2.45, 2.75) is 26.3 Å². The number of benzene rings is 1. The Bertz CT molecular complexity index is 474. The molecule has 0 aliphatic heterocycles. The largest absolute Gasteiger partial charge is 0.368 e. The van der Waals surface area contributed by atoms with E-state index in [0.717, 1.165) is 12.0 Å². The van der Waals surface area contributed by atoms with Crippen molar-refractivity contribution in [2.24, 2.45) is 11.1 Å². The normalized spacial score (nSPS) is 20.7. The van der Waals surface area contributed by atoms with Crippen LogP contribution in [0.1, 0.15) is 31.0 Å². The van der Waals surface area contributed by atoms with Gasteiger partial charge in [0.2, 0.25) is 5.91 Å². The average Bonchev–Trinajstić information content (AvgIpc) is 2.50. The predicted molar refractivity (Wildman–Crippen MR) is 70.0 cm³/mol. The minimum absolute atomic E-state index is 0.00462. The van der Waals surface area contributed by atoms with Gasteiger partial charge < -0.3 is 5.73 Å². The van der Waals surface area contributed by atoms with Crippen molar-refractivity contribution in [3.8, 4) is 0 Å². The lowest BCUT2D eigenvalue weighted by molar-refractivity contribution is -0.127. The van der Waals surface area contributed by atoms with Gasteiger partial charge in [0.05, 0.1) is 6.04 Å². The number of carbonyl (C=O) groups is 1. The zero-order chi connectivity index (χ0) is 13.3. The summed E-state index contributed by atoms with van der Waals surface area (Å²) < 4.78 is 0. The fourth-order valence-corrected chi connectivity index (χ4v) is 2.61. The van der Waals surface area contributed by atoms with E-state index in [1.54, 1.807) is 0 Å². The molecule has 0 saturated carbocycles. The van der Waals surface area contributed by atoms with E-state index in [1.807, 2.05) is 18.2 Å². The van der Waals surface area contributed by atoms with Crippen LogP contribution in [0.25, 0.3) is 0 Å². The summed E-state index contributed by atoms with van der Waals surface area (Å²) in [6.45, 7) is 4.15. The summed E-state index contributed by atoms with van der Waals surface area (Å²) in [5, 5.41) is 0.702. The molecule has 1 aromatic rings. The second-order valence-corrected chi connectivity index (χ2v) is 5.75. The third kappa shape index (κ3) is 2.66. The van der Waals surface area contributed by atoms with Gasteiger partial charge in [-0.15, -0.1) is 0 Å². The van der Waals surface area contributed by atoms with Crippen molar-refractivity contribution in [1.29, 1.82) is 0 Å². The molecule has 0 radical (unpaired) electrons. The molecule has 98 valence electrons. The third-order valence-electron chi connectivity index (χ3n) is 3.26. The van der Waals surface area contributed by atoms with Gasteiger partial charge in [-0.25, -0.2) is 0 Å². The molecule has 1 aromatic carbocycles. The molecule has 1 atom stereocenters. The average molecular weight is 269 g/mol. The third-order valence-corrected chi connectivity index (χ3v) is 3.50. The molecular formula is C13H17ClN2O2. The van der Waals surface area contributed by atoms with Crippen LogP contribution in [0.4, 0.5) is 0 Å². The van der Waals surface area contributed by atoms with E-state index >= 15 is 0 Å². The van der Waals surface area contributed by atoms with Crippen LogP contribution in [0.2, 0.25) is 5.02 Å². The summed E-state index contributed by atoms with van der Waals surface area (Å²) in [6.07, 6.45) is 0.942. The lowest BCUT2D eigenvalue weighted by Crippen LogP contribution is -2.33. The number of rotatable bonds is 4. The number of amides is 1. The highest BCUT2D eigenvalue weighted by atomic mass is 35.5. The van der Waals surface area contributed by atoms with E-state index in [-0.39, 0.29) is 18.1 Å². The van der Waals surface area contributed by atoms with Crippen molar-refractivity contribution in [2.75, 3.05) is 6.61 Å². The number of hydroxylamine groups is 1. The molecule has 3 N–H and O–H groups in total. The van der Waals surface area contributed by atoms with E-state index in [2.05, 4.69) is 19.3 Å². The number of carbonyl (C=O) groups excluding carboxylic acids is 1. The standard InChI is InChI=1S/C13H17ClN2O2/c1-13(2)6-8-3-4-9(14)5-10(8)12(13)16-18-7-11(15)17/h3-5,12,16H,6-7H2,1-2H3,(H2,15,17). The minimum atomic E-state index is -0.496. The number of hydrogen-bond acceptors (Lipinski definition) is 3. The number of primary amides is 1. The molecule has 0 fully saturated rings. The van der Waals surface area contributed by atoms with Gasteiger partial charge in [0, 0.05) is 5.02 Å². The monoisotopic (exact) mass is 268 g/mol. The highest BCUT2D eigenvalue weighted by Crippen LogP contribution is 2.45. The summed E-state index contributed by atoms with van der Waals surface area (Å²) in [4.78, 5) is 15.8. The molecule has 1 aliphatic rings. The van der Waals surface area contributed by atoms with E-state index in [4.69, 9.17) is 22.2 Å². The molecule has 1 unspecified atom stereocenters. The highest BCUT2D eigenvalue weighted by molar-refractivity contribution is 6.30. The summed E-state index contributed by atoms with van der Waals surface area (Å²) in [5.41, 5.74) is 10.3. The molecule has 0 aromatic heterocycles. The van der Waals surface area contributed by atoms with Crippen molar-refractivity contribution < 1.29 is 9.63 Å². The summed E-state index contributed by atoms with van der Waals surface area (Å²) in [5.74, 6) is -0.496. The number of nitrogens with one attached hydrogen (secondary N) is 1. The van der Waals surface area contributed by atoms with Crippen LogP contribution in [0, 0.1) is 5.41 Å². The second-order valence-electron chi connectivity index (χ2n) is 5.31. The van der Waals surface area contributed by atoms with Crippen molar-refractivity contribution in [3.63, 3.8) is 0 Å². The first-order chi connectivity index (χ1) is 8.40. The topological polar surface area (TPSA) is 64.3 Å². The molecule has 4 nitrogen and oxygen atoms in total. The van der Waals surface area contributed by atoms with Crippen molar-refractivity contribution in [3.05, 3.63) is 34.3 Å². The molecule has 5 heteroatoms. The Morgan fingerprint density at radius 3 is 3.00 bits per heavy atom. The smallest absolute Gasteiger partial charge is 0.245 e. The summed E-state index contributed by atoms with van der Waals surface area (Å²) in [7, 11) is 0. The Balaban J connectivity index is 2.17. The van der Waals surface area contributed by atoms with Crippen molar-refractivity contribution in [1.82, 2.24) is 5.48 Å². The van der Waals surface area contributed by atoms with Crippen LogP contribution in [-0.4, -0.2) is 12.5 Å². The highest BCUT2D eigenvalue weighted by Gasteiger charge is 2.39. The van der Waals surface area contributed by atoms with E-state index in [9.17, 15) is 4.79 Å². The molecule has 0 spiro atoms. The second kappa shape index (κ2) is 4.88. The van der Waals surface area contributed by atoms with Crippen LogP contribution in [0.5, 0.6) is 0 Å². The molecule has 1 aliphatic carbocycles. The number of halogens is 1. The van der Waals surface area contributed by atoms with Crippen molar-refractivity contribution >= 4 is 17.5 Å². The van der Waals surface area contributed by atoms with Crippen LogP contribution in [0.3, 0.4) is 0 Å². The Morgan fingerprint density at radius 1 is 1.61 bits per heavy atom. The first kappa shape index (κ1) is 13.3. The molecule has 2 rings (SSSR count). The van der Waals surface area contributed by atoms with Crippen LogP contribution in [-0.2, 0) is 16.1 Å². The quantitative estimate of drug-likeness (QED) is 0.821. The minimum Gasteiger partial charge on any atom is -0.368 e. The van der Waals surface area contributed by atoms with Gasteiger partial charge in [-0.05, 0) is 35.1 Å². The van der Waals surface area contributed by atoms with E-state index in [0.29, 0.717) is 5.02 Å². The van der Waals surface area contributed by atoms with Gasteiger partial charge in [0.25, 0.3) is 0 Å². The lowest BCUT2D eigenvalue weighted by atomic mass is 9.86. The Hall–Kier alpha value is -1.10. The number of hydrogen-bond donors (Lipinski definition) is 2. The maximum atomic E-state index is 10.7. The maximum Gasteiger partial charge on any atom is 0.245 e. The van der Waals surface area contributed by atoms with Gasteiger partial charge in [0.1, 0.15) is 6.61 Å².